The van der Waals surface area contributed by atoms with Crippen molar-refractivity contribution in [2.24, 2.45) is 7.05 Å². The third kappa shape index (κ3) is 4.53. The number of benzene rings is 1. The van der Waals surface area contributed by atoms with Gasteiger partial charge in [-0.25, -0.2) is 0 Å². The topological polar surface area (TPSA) is 39.9 Å². The minimum atomic E-state index is -0.282. The van der Waals surface area contributed by atoms with Crippen LogP contribution in [0.1, 0.15) is 22.9 Å². The maximum absolute atomic E-state index is 6.32. The number of hydrogen-bond acceptors (Lipinski definition) is 3. The molecular formula is C18H16Cl3N3O. The van der Waals surface area contributed by atoms with E-state index < -0.39 is 0 Å². The van der Waals surface area contributed by atoms with Crippen LogP contribution >= 0.6 is 34.8 Å². The number of hydrogen-bond donors (Lipinski definition) is 0. The van der Waals surface area contributed by atoms with E-state index in [1.54, 1.807) is 29.2 Å². The minimum absolute atomic E-state index is 0.282. The van der Waals surface area contributed by atoms with E-state index in [0.717, 1.165) is 16.8 Å². The molecule has 130 valence electrons. The number of ether oxygens (including phenoxy) is 1. The molecule has 0 aliphatic rings. The highest BCUT2D eigenvalue weighted by Crippen LogP contribution is 2.30. The second-order valence-corrected chi connectivity index (χ2v) is 6.85. The maximum Gasteiger partial charge on any atom is 0.105 e. The third-order valence-corrected chi connectivity index (χ3v) is 4.72. The average molecular weight is 397 g/mol. The lowest BCUT2D eigenvalue weighted by Gasteiger charge is -2.19. The standard InChI is InChI=1S/C18H16Cl3N3O/c1-24-18(16(21)10-23-24)17(7-12-3-2-6-22-9-12)25-11-13-4-5-14(19)8-15(13)20/h2-6,8-10,17H,7,11H2,1H3. The van der Waals surface area contributed by atoms with Crippen molar-refractivity contribution in [2.45, 2.75) is 19.1 Å². The fourth-order valence-corrected chi connectivity index (χ4v) is 3.33. The fraction of sp³-hybridized carbons (Fsp3) is 0.222. The lowest BCUT2D eigenvalue weighted by atomic mass is 10.1. The van der Waals surface area contributed by atoms with Gasteiger partial charge in [-0.3, -0.25) is 9.67 Å². The molecule has 7 heteroatoms. The number of aromatic nitrogens is 3. The second-order valence-electron chi connectivity index (χ2n) is 5.60. The first kappa shape index (κ1) is 18.2. The normalized spacial score (nSPS) is 12.3. The summed E-state index contributed by atoms with van der Waals surface area (Å²) in [5.74, 6) is 0. The van der Waals surface area contributed by atoms with Gasteiger partial charge in [-0.1, -0.05) is 46.9 Å². The Bertz CT molecular complexity index is 833. The average Bonchev–Trinajstić information content (AvgIpc) is 2.92. The Morgan fingerprint density at radius 3 is 2.60 bits per heavy atom. The molecule has 0 aliphatic carbocycles. The lowest BCUT2D eigenvalue weighted by molar-refractivity contribution is 0.0347. The van der Waals surface area contributed by atoms with Crippen LogP contribution in [0.15, 0.2) is 48.9 Å². The van der Waals surface area contributed by atoms with Gasteiger partial charge in [0.05, 0.1) is 23.5 Å². The van der Waals surface area contributed by atoms with E-state index in [9.17, 15) is 0 Å². The van der Waals surface area contributed by atoms with Crippen molar-refractivity contribution in [1.29, 1.82) is 0 Å². The highest BCUT2D eigenvalue weighted by atomic mass is 35.5. The van der Waals surface area contributed by atoms with E-state index in [4.69, 9.17) is 39.5 Å². The summed E-state index contributed by atoms with van der Waals surface area (Å²) < 4.78 is 7.89. The zero-order chi connectivity index (χ0) is 17.8. The second kappa shape index (κ2) is 8.19. The maximum atomic E-state index is 6.32. The molecule has 0 fully saturated rings. The van der Waals surface area contributed by atoms with Crippen molar-refractivity contribution in [3.05, 3.63) is 80.8 Å². The Labute approximate surface area is 161 Å². The van der Waals surface area contributed by atoms with E-state index in [-0.39, 0.29) is 6.10 Å². The molecule has 0 amide bonds. The minimum Gasteiger partial charge on any atom is -0.367 e. The molecule has 1 unspecified atom stereocenters. The fourth-order valence-electron chi connectivity index (χ4n) is 2.58. The van der Waals surface area contributed by atoms with Crippen molar-refractivity contribution >= 4 is 34.8 Å². The van der Waals surface area contributed by atoms with Crippen molar-refractivity contribution in [2.75, 3.05) is 0 Å². The van der Waals surface area contributed by atoms with Crippen LogP contribution in [-0.4, -0.2) is 14.8 Å². The van der Waals surface area contributed by atoms with E-state index in [1.807, 2.05) is 31.4 Å². The first-order valence-electron chi connectivity index (χ1n) is 7.66. The summed E-state index contributed by atoms with van der Waals surface area (Å²) in [4.78, 5) is 4.16. The third-order valence-electron chi connectivity index (χ3n) is 3.84. The Hall–Kier alpha value is -1.59. The molecule has 3 rings (SSSR count). The molecule has 2 aromatic heterocycles. The van der Waals surface area contributed by atoms with Gasteiger partial charge in [0.25, 0.3) is 0 Å². The number of aryl methyl sites for hydroxylation is 1. The predicted octanol–water partition coefficient (Wildman–Crippen LogP) is 5.28. The van der Waals surface area contributed by atoms with Crippen LogP contribution in [0, 0.1) is 0 Å². The molecule has 4 nitrogen and oxygen atoms in total. The van der Waals surface area contributed by atoms with Crippen molar-refractivity contribution in [3.8, 4) is 0 Å². The molecule has 0 radical (unpaired) electrons. The van der Waals surface area contributed by atoms with Crippen LogP contribution in [0.2, 0.25) is 15.1 Å². The lowest BCUT2D eigenvalue weighted by Crippen LogP contribution is -2.13. The van der Waals surface area contributed by atoms with Gasteiger partial charge < -0.3 is 4.74 Å². The monoisotopic (exact) mass is 395 g/mol. The molecule has 0 aliphatic heterocycles. The Morgan fingerprint density at radius 2 is 1.96 bits per heavy atom. The number of halogens is 3. The molecule has 1 aromatic carbocycles. The molecule has 0 saturated heterocycles. The molecule has 0 bridgehead atoms. The Morgan fingerprint density at radius 1 is 1.12 bits per heavy atom. The van der Waals surface area contributed by atoms with Crippen molar-refractivity contribution < 1.29 is 4.74 Å². The van der Waals surface area contributed by atoms with Crippen LogP contribution in [0.25, 0.3) is 0 Å². The van der Waals surface area contributed by atoms with Crippen LogP contribution in [0.4, 0.5) is 0 Å². The highest BCUT2D eigenvalue weighted by molar-refractivity contribution is 6.35. The molecule has 0 N–H and O–H groups in total. The van der Waals surface area contributed by atoms with E-state index >= 15 is 0 Å². The largest absolute Gasteiger partial charge is 0.367 e. The van der Waals surface area contributed by atoms with Gasteiger partial charge >= 0.3 is 0 Å². The summed E-state index contributed by atoms with van der Waals surface area (Å²) in [7, 11) is 1.84. The predicted molar refractivity (Wildman–Crippen MR) is 100 cm³/mol. The van der Waals surface area contributed by atoms with Crippen LogP contribution in [-0.2, 0) is 24.8 Å². The smallest absolute Gasteiger partial charge is 0.105 e. The summed E-state index contributed by atoms with van der Waals surface area (Å²) in [6.07, 6.45) is 5.51. The zero-order valence-corrected chi connectivity index (χ0v) is 15.8. The molecule has 2 heterocycles. The van der Waals surface area contributed by atoms with Crippen LogP contribution in [0.5, 0.6) is 0 Å². The summed E-state index contributed by atoms with van der Waals surface area (Å²) >= 11 is 18.5. The van der Waals surface area contributed by atoms with E-state index in [1.165, 1.54) is 0 Å². The van der Waals surface area contributed by atoms with Gasteiger partial charge in [0.1, 0.15) is 6.10 Å². The first-order valence-corrected chi connectivity index (χ1v) is 8.80. The van der Waals surface area contributed by atoms with Gasteiger partial charge in [-0.05, 0) is 29.3 Å². The van der Waals surface area contributed by atoms with Crippen LogP contribution < -0.4 is 0 Å². The number of rotatable bonds is 6. The summed E-state index contributed by atoms with van der Waals surface area (Å²) in [6.45, 7) is 0.336. The van der Waals surface area contributed by atoms with Crippen molar-refractivity contribution in [1.82, 2.24) is 14.8 Å². The molecule has 25 heavy (non-hydrogen) atoms. The van der Waals surface area contributed by atoms with Gasteiger partial charge in [-0.15, -0.1) is 0 Å². The Kier molecular flexibility index (Phi) is 5.97. The van der Waals surface area contributed by atoms with Gasteiger partial charge in [0, 0.05) is 35.9 Å². The summed E-state index contributed by atoms with van der Waals surface area (Å²) in [5, 5.41) is 5.94. The van der Waals surface area contributed by atoms with Crippen molar-refractivity contribution in [3.63, 3.8) is 0 Å². The molecule has 3 aromatic rings. The zero-order valence-electron chi connectivity index (χ0n) is 13.5. The molecular weight excluding hydrogens is 381 g/mol. The van der Waals surface area contributed by atoms with Gasteiger partial charge in [0.15, 0.2) is 0 Å². The molecule has 0 spiro atoms. The summed E-state index contributed by atoms with van der Waals surface area (Å²) in [6, 6.07) is 9.25. The van der Waals surface area contributed by atoms with Gasteiger partial charge in [-0.2, -0.15) is 5.10 Å². The molecule has 0 saturated carbocycles. The number of nitrogens with zero attached hydrogens (tertiary/aromatic N) is 3. The SMILES string of the molecule is Cn1ncc(Cl)c1C(Cc1cccnc1)OCc1ccc(Cl)cc1Cl. The summed E-state index contributed by atoms with van der Waals surface area (Å²) in [5.41, 5.74) is 2.73. The van der Waals surface area contributed by atoms with Crippen LogP contribution in [0.3, 0.4) is 0 Å². The quantitative estimate of drug-likeness (QED) is 0.569. The first-order chi connectivity index (χ1) is 12.0. The van der Waals surface area contributed by atoms with Gasteiger partial charge in [0.2, 0.25) is 0 Å². The Balaban J connectivity index is 1.83. The van der Waals surface area contributed by atoms with E-state index in [0.29, 0.717) is 28.1 Å². The van der Waals surface area contributed by atoms with E-state index in [2.05, 4.69) is 10.1 Å². The number of pyridine rings is 1. The highest BCUT2D eigenvalue weighted by Gasteiger charge is 2.21. The molecule has 1 atom stereocenters.